The maximum atomic E-state index is 12.8. The maximum Gasteiger partial charge on any atom is 0.223 e. The van der Waals surface area contributed by atoms with E-state index in [0.717, 1.165) is 25.1 Å². The molecular weight excluding hydrogens is 330 g/mol. The summed E-state index contributed by atoms with van der Waals surface area (Å²) >= 11 is 0. The molecule has 1 aromatic rings. The van der Waals surface area contributed by atoms with Crippen molar-refractivity contribution in [3.05, 3.63) is 35.4 Å². The fraction of sp³-hybridized carbons (Fsp3) is 0.600. The molecule has 2 aliphatic rings. The van der Waals surface area contributed by atoms with Crippen LogP contribution in [0.3, 0.4) is 0 Å². The molecule has 0 radical (unpaired) electrons. The first-order valence-electron chi connectivity index (χ1n) is 9.63. The molecule has 2 amide bonds. The molecule has 2 aliphatic heterocycles. The van der Waals surface area contributed by atoms with Gasteiger partial charge in [0.25, 0.3) is 0 Å². The molecule has 6 heteroatoms. The van der Waals surface area contributed by atoms with Crippen LogP contribution in [-0.2, 0) is 20.7 Å². The molecule has 3 rings (SSSR count). The van der Waals surface area contributed by atoms with Crippen molar-refractivity contribution in [2.24, 2.45) is 0 Å². The minimum atomic E-state index is 0.0423. The van der Waals surface area contributed by atoms with Gasteiger partial charge in [0.2, 0.25) is 11.8 Å². The number of benzene rings is 1. The lowest BCUT2D eigenvalue weighted by Crippen LogP contribution is -2.49. The number of morpholine rings is 1. The van der Waals surface area contributed by atoms with Crippen LogP contribution in [0.5, 0.6) is 0 Å². The lowest BCUT2D eigenvalue weighted by atomic mass is 10.0. The summed E-state index contributed by atoms with van der Waals surface area (Å²) in [4.78, 5) is 28.8. The van der Waals surface area contributed by atoms with Gasteiger partial charge in [-0.25, -0.2) is 0 Å². The molecule has 0 aromatic heterocycles. The van der Waals surface area contributed by atoms with Crippen molar-refractivity contribution in [3.8, 4) is 0 Å². The number of hydrogen-bond acceptors (Lipinski definition) is 4. The quantitative estimate of drug-likeness (QED) is 0.862. The summed E-state index contributed by atoms with van der Waals surface area (Å²) in [5.74, 6) is 0.123. The second-order valence-corrected chi connectivity index (χ2v) is 6.90. The maximum absolute atomic E-state index is 12.8. The van der Waals surface area contributed by atoms with Crippen LogP contribution in [0.15, 0.2) is 24.3 Å². The average Bonchev–Trinajstić information content (AvgIpc) is 2.72. The lowest BCUT2D eigenvalue weighted by molar-refractivity contribution is -0.140. The highest BCUT2D eigenvalue weighted by Crippen LogP contribution is 2.24. The van der Waals surface area contributed by atoms with E-state index in [1.807, 2.05) is 4.90 Å². The van der Waals surface area contributed by atoms with Gasteiger partial charge in [-0.15, -0.1) is 0 Å². The number of ether oxygens (including phenoxy) is 1. The van der Waals surface area contributed by atoms with Crippen molar-refractivity contribution < 1.29 is 14.3 Å². The van der Waals surface area contributed by atoms with Gasteiger partial charge in [0.05, 0.1) is 19.3 Å². The number of nitrogens with zero attached hydrogens (tertiary/aromatic N) is 2. The van der Waals surface area contributed by atoms with Crippen LogP contribution in [0.2, 0.25) is 0 Å². The molecule has 2 saturated heterocycles. The van der Waals surface area contributed by atoms with Crippen LogP contribution in [0.25, 0.3) is 0 Å². The Morgan fingerprint density at radius 1 is 1.08 bits per heavy atom. The lowest BCUT2D eigenvalue weighted by Gasteiger charge is -2.37. The van der Waals surface area contributed by atoms with Gasteiger partial charge in [0.1, 0.15) is 0 Å². The third kappa shape index (κ3) is 4.62. The van der Waals surface area contributed by atoms with E-state index >= 15 is 0 Å². The number of hydrogen-bond donors (Lipinski definition) is 1. The van der Waals surface area contributed by atoms with E-state index in [4.69, 9.17) is 4.74 Å². The van der Waals surface area contributed by atoms with Crippen LogP contribution in [0.4, 0.5) is 0 Å². The fourth-order valence-electron chi connectivity index (χ4n) is 3.60. The summed E-state index contributed by atoms with van der Waals surface area (Å²) in [6.07, 6.45) is 1.57. The molecule has 1 atom stereocenters. The summed E-state index contributed by atoms with van der Waals surface area (Å²) in [7, 11) is 0. The monoisotopic (exact) mass is 359 g/mol. The van der Waals surface area contributed by atoms with Crippen LogP contribution < -0.4 is 5.32 Å². The van der Waals surface area contributed by atoms with Crippen molar-refractivity contribution in [3.63, 3.8) is 0 Å². The van der Waals surface area contributed by atoms with Crippen molar-refractivity contribution in [2.45, 2.75) is 32.2 Å². The van der Waals surface area contributed by atoms with Crippen LogP contribution in [-0.4, -0.2) is 67.6 Å². The van der Waals surface area contributed by atoms with Gasteiger partial charge in [-0.1, -0.05) is 31.2 Å². The van der Waals surface area contributed by atoms with E-state index in [-0.39, 0.29) is 30.7 Å². The number of amides is 2. The molecule has 142 valence electrons. The Morgan fingerprint density at radius 2 is 1.77 bits per heavy atom. The standard InChI is InChI=1S/C20H29N3O3/c1-2-16-3-5-17(6-4-16)18-15-21-9-10-23(18)20(25)8-7-19(24)22-11-13-26-14-12-22/h3-6,18,21H,2,7-15H2,1H3. The number of rotatable bonds is 5. The highest BCUT2D eigenvalue weighted by molar-refractivity contribution is 5.84. The van der Waals surface area contributed by atoms with E-state index in [9.17, 15) is 9.59 Å². The molecule has 1 aromatic carbocycles. The van der Waals surface area contributed by atoms with E-state index < -0.39 is 0 Å². The molecule has 0 aliphatic carbocycles. The third-order valence-electron chi connectivity index (χ3n) is 5.25. The summed E-state index contributed by atoms with van der Waals surface area (Å²) in [6.45, 7) is 6.82. The van der Waals surface area contributed by atoms with E-state index in [2.05, 4.69) is 36.5 Å². The summed E-state index contributed by atoms with van der Waals surface area (Å²) < 4.78 is 5.27. The van der Waals surface area contributed by atoms with Crippen molar-refractivity contribution in [1.82, 2.24) is 15.1 Å². The first-order valence-corrected chi connectivity index (χ1v) is 9.63. The van der Waals surface area contributed by atoms with Gasteiger partial charge in [-0.3, -0.25) is 9.59 Å². The number of aryl methyl sites for hydroxylation is 1. The Hall–Kier alpha value is -1.92. The Morgan fingerprint density at radius 3 is 2.46 bits per heavy atom. The molecule has 0 bridgehead atoms. The van der Waals surface area contributed by atoms with Crippen molar-refractivity contribution >= 4 is 11.8 Å². The first kappa shape index (κ1) is 18.9. The zero-order valence-electron chi connectivity index (χ0n) is 15.6. The SMILES string of the molecule is CCc1ccc(C2CNCCN2C(=O)CCC(=O)N2CCOCC2)cc1. The molecule has 6 nitrogen and oxygen atoms in total. The van der Waals surface area contributed by atoms with E-state index in [1.165, 1.54) is 5.56 Å². The minimum absolute atomic E-state index is 0.0423. The Balaban J connectivity index is 1.59. The number of carbonyl (C=O) groups excluding carboxylic acids is 2. The predicted octanol–water partition coefficient (Wildman–Crippen LogP) is 1.36. The van der Waals surface area contributed by atoms with Gasteiger partial charge in [0, 0.05) is 45.6 Å². The third-order valence-corrected chi connectivity index (χ3v) is 5.25. The summed E-state index contributed by atoms with van der Waals surface area (Å²) in [5, 5.41) is 3.38. The number of nitrogens with one attached hydrogen (secondary N) is 1. The summed E-state index contributed by atoms with van der Waals surface area (Å²) in [5.41, 5.74) is 2.45. The van der Waals surface area contributed by atoms with Gasteiger partial charge in [-0.05, 0) is 17.5 Å². The fourth-order valence-corrected chi connectivity index (χ4v) is 3.60. The molecule has 26 heavy (non-hydrogen) atoms. The Kier molecular flexibility index (Phi) is 6.63. The van der Waals surface area contributed by atoms with Gasteiger partial charge < -0.3 is 19.9 Å². The van der Waals surface area contributed by atoms with Crippen molar-refractivity contribution in [2.75, 3.05) is 45.9 Å². The number of piperazine rings is 1. The Bertz CT molecular complexity index is 611. The molecule has 0 spiro atoms. The molecule has 1 N–H and O–H groups in total. The van der Waals surface area contributed by atoms with E-state index in [1.54, 1.807) is 4.90 Å². The molecule has 2 heterocycles. The predicted molar refractivity (Wildman–Crippen MR) is 99.8 cm³/mol. The van der Waals surface area contributed by atoms with Gasteiger partial charge in [-0.2, -0.15) is 0 Å². The number of carbonyl (C=O) groups is 2. The zero-order valence-corrected chi connectivity index (χ0v) is 15.6. The van der Waals surface area contributed by atoms with E-state index in [0.29, 0.717) is 32.8 Å². The Labute approximate surface area is 155 Å². The normalized spacial score (nSPS) is 20.9. The average molecular weight is 359 g/mol. The highest BCUT2D eigenvalue weighted by atomic mass is 16.5. The largest absolute Gasteiger partial charge is 0.378 e. The first-order chi connectivity index (χ1) is 12.7. The van der Waals surface area contributed by atoms with Crippen LogP contribution in [0, 0.1) is 0 Å². The van der Waals surface area contributed by atoms with Gasteiger partial charge in [0.15, 0.2) is 0 Å². The minimum Gasteiger partial charge on any atom is -0.378 e. The second-order valence-electron chi connectivity index (χ2n) is 6.90. The second kappa shape index (κ2) is 9.14. The van der Waals surface area contributed by atoms with Crippen LogP contribution >= 0.6 is 0 Å². The smallest absolute Gasteiger partial charge is 0.223 e. The van der Waals surface area contributed by atoms with Crippen molar-refractivity contribution in [1.29, 1.82) is 0 Å². The van der Waals surface area contributed by atoms with Crippen LogP contribution in [0.1, 0.15) is 36.9 Å². The molecule has 2 fully saturated rings. The topological polar surface area (TPSA) is 61.9 Å². The van der Waals surface area contributed by atoms with Gasteiger partial charge >= 0.3 is 0 Å². The molecule has 0 saturated carbocycles. The summed E-state index contributed by atoms with van der Waals surface area (Å²) in [6, 6.07) is 8.55. The highest BCUT2D eigenvalue weighted by Gasteiger charge is 2.28. The molecular formula is C20H29N3O3. The molecule has 1 unspecified atom stereocenters. The zero-order chi connectivity index (χ0) is 18.4.